The molecule has 1 unspecified atom stereocenters. The molecule has 1 N–H and O–H groups in total. The Morgan fingerprint density at radius 2 is 1.66 bits per heavy atom. The van der Waals surface area contributed by atoms with Crippen molar-refractivity contribution in [3.8, 4) is 11.1 Å². The number of carbonyl (C=O) groups is 4. The molecule has 0 radical (unpaired) electrons. The Bertz CT molecular complexity index is 1150. The van der Waals surface area contributed by atoms with Gasteiger partial charge in [-0.15, -0.1) is 0 Å². The predicted molar refractivity (Wildman–Crippen MR) is 117 cm³/mol. The van der Waals surface area contributed by atoms with E-state index in [9.17, 15) is 19.2 Å². The number of carbonyl (C=O) groups excluding carboxylic acids is 4. The molecule has 3 aliphatic heterocycles. The fourth-order valence-corrected chi connectivity index (χ4v) is 4.76. The molecule has 1 atom stereocenters. The monoisotopic (exact) mass is 429 g/mol. The van der Waals surface area contributed by atoms with Crippen LogP contribution < -0.4 is 5.32 Å². The number of benzene rings is 2. The van der Waals surface area contributed by atoms with Gasteiger partial charge in [0.25, 0.3) is 11.8 Å². The molecule has 1 saturated heterocycles. The SMILES string of the molecule is O=C1CCC(N2C(=O)C3=C(C2=O)N(Cc2cccc(-c4ccccc4)c2)CCC3)C(=O)N1. The lowest BCUT2D eigenvalue weighted by atomic mass is 10.0. The van der Waals surface area contributed by atoms with Gasteiger partial charge in [0.2, 0.25) is 11.8 Å². The molecule has 162 valence electrons. The minimum Gasteiger partial charge on any atom is -0.362 e. The van der Waals surface area contributed by atoms with E-state index in [4.69, 9.17) is 0 Å². The van der Waals surface area contributed by atoms with Crippen LogP contribution in [0.4, 0.5) is 0 Å². The van der Waals surface area contributed by atoms with Crippen LogP contribution in [0.1, 0.15) is 31.2 Å². The summed E-state index contributed by atoms with van der Waals surface area (Å²) >= 11 is 0. The number of hydrogen-bond donors (Lipinski definition) is 1. The first kappa shape index (κ1) is 20.2. The highest BCUT2D eigenvalue weighted by Gasteiger charge is 2.48. The Labute approximate surface area is 185 Å². The lowest BCUT2D eigenvalue weighted by molar-refractivity contribution is -0.150. The normalized spacial score (nSPS) is 21.2. The van der Waals surface area contributed by atoms with Gasteiger partial charge in [-0.05, 0) is 42.0 Å². The molecule has 4 amide bonds. The van der Waals surface area contributed by atoms with Crippen molar-refractivity contribution in [2.45, 2.75) is 38.3 Å². The Kier molecular flexibility index (Phi) is 5.09. The van der Waals surface area contributed by atoms with Gasteiger partial charge in [0.1, 0.15) is 11.7 Å². The van der Waals surface area contributed by atoms with Crippen LogP contribution in [-0.2, 0) is 25.7 Å². The smallest absolute Gasteiger partial charge is 0.278 e. The lowest BCUT2D eigenvalue weighted by Gasteiger charge is -2.30. The van der Waals surface area contributed by atoms with Gasteiger partial charge in [0, 0.05) is 25.1 Å². The summed E-state index contributed by atoms with van der Waals surface area (Å²) in [5, 5.41) is 2.25. The molecule has 3 heterocycles. The number of nitrogens with zero attached hydrogens (tertiary/aromatic N) is 2. The third kappa shape index (κ3) is 3.49. The van der Waals surface area contributed by atoms with Crippen LogP contribution in [0.15, 0.2) is 65.9 Å². The second-order valence-corrected chi connectivity index (χ2v) is 8.37. The zero-order valence-electron chi connectivity index (χ0n) is 17.5. The second kappa shape index (κ2) is 8.07. The molecule has 5 rings (SSSR count). The molecule has 0 bridgehead atoms. The fraction of sp³-hybridized carbons (Fsp3) is 0.280. The molecule has 32 heavy (non-hydrogen) atoms. The molecule has 3 aliphatic rings. The van der Waals surface area contributed by atoms with Gasteiger partial charge in [-0.2, -0.15) is 0 Å². The van der Waals surface area contributed by atoms with Gasteiger partial charge in [-0.1, -0.05) is 48.5 Å². The summed E-state index contributed by atoms with van der Waals surface area (Å²) in [6.07, 6.45) is 1.57. The topological polar surface area (TPSA) is 86.8 Å². The largest absolute Gasteiger partial charge is 0.362 e. The Hall–Kier alpha value is -3.74. The summed E-state index contributed by atoms with van der Waals surface area (Å²) in [5.74, 6) is -1.78. The molecule has 0 saturated carbocycles. The van der Waals surface area contributed by atoms with Crippen LogP contribution in [-0.4, -0.2) is 46.0 Å². The van der Waals surface area contributed by atoms with Crippen molar-refractivity contribution in [2.24, 2.45) is 0 Å². The zero-order valence-corrected chi connectivity index (χ0v) is 17.5. The van der Waals surface area contributed by atoms with Crippen molar-refractivity contribution in [1.29, 1.82) is 0 Å². The highest BCUT2D eigenvalue weighted by atomic mass is 16.2. The number of piperidine rings is 1. The average molecular weight is 429 g/mol. The van der Waals surface area contributed by atoms with Crippen molar-refractivity contribution in [2.75, 3.05) is 6.54 Å². The third-order valence-corrected chi connectivity index (χ3v) is 6.28. The summed E-state index contributed by atoms with van der Waals surface area (Å²) < 4.78 is 0. The van der Waals surface area contributed by atoms with E-state index >= 15 is 0 Å². The van der Waals surface area contributed by atoms with E-state index in [-0.39, 0.29) is 18.7 Å². The molecule has 1 fully saturated rings. The van der Waals surface area contributed by atoms with Crippen molar-refractivity contribution in [3.63, 3.8) is 0 Å². The van der Waals surface area contributed by atoms with Gasteiger partial charge in [0.05, 0.1) is 0 Å². The van der Waals surface area contributed by atoms with E-state index in [2.05, 4.69) is 29.6 Å². The van der Waals surface area contributed by atoms with Crippen molar-refractivity contribution in [3.05, 3.63) is 71.4 Å². The van der Waals surface area contributed by atoms with E-state index in [0.717, 1.165) is 28.0 Å². The van der Waals surface area contributed by atoms with Gasteiger partial charge in [-0.25, -0.2) is 0 Å². The third-order valence-electron chi connectivity index (χ3n) is 6.28. The Morgan fingerprint density at radius 1 is 0.875 bits per heavy atom. The fourth-order valence-electron chi connectivity index (χ4n) is 4.76. The minimum absolute atomic E-state index is 0.119. The average Bonchev–Trinajstić information content (AvgIpc) is 3.06. The molecule has 0 aliphatic carbocycles. The van der Waals surface area contributed by atoms with Crippen molar-refractivity contribution >= 4 is 23.6 Å². The predicted octanol–water partition coefficient (Wildman–Crippen LogP) is 2.38. The highest BCUT2D eigenvalue weighted by molar-refractivity contribution is 6.21. The van der Waals surface area contributed by atoms with Crippen LogP contribution in [0.3, 0.4) is 0 Å². The summed E-state index contributed by atoms with van der Waals surface area (Å²) in [4.78, 5) is 53.2. The number of nitrogens with one attached hydrogen (secondary N) is 1. The maximum absolute atomic E-state index is 13.3. The maximum Gasteiger partial charge on any atom is 0.278 e. The van der Waals surface area contributed by atoms with E-state index in [1.54, 1.807) is 0 Å². The van der Waals surface area contributed by atoms with Crippen molar-refractivity contribution in [1.82, 2.24) is 15.1 Å². The molecule has 7 heteroatoms. The zero-order chi connectivity index (χ0) is 22.2. The number of imide groups is 2. The van der Waals surface area contributed by atoms with Crippen LogP contribution in [0.25, 0.3) is 11.1 Å². The summed E-state index contributed by atoms with van der Waals surface area (Å²) in [7, 11) is 0. The first-order valence-electron chi connectivity index (χ1n) is 10.9. The highest BCUT2D eigenvalue weighted by Crippen LogP contribution is 2.35. The van der Waals surface area contributed by atoms with Crippen molar-refractivity contribution < 1.29 is 19.2 Å². The van der Waals surface area contributed by atoms with E-state index in [1.807, 2.05) is 35.2 Å². The van der Waals surface area contributed by atoms with Gasteiger partial charge >= 0.3 is 0 Å². The summed E-state index contributed by atoms with van der Waals surface area (Å²) in [6, 6.07) is 17.3. The molecule has 2 aromatic carbocycles. The van der Waals surface area contributed by atoms with E-state index < -0.39 is 23.8 Å². The molecule has 7 nitrogen and oxygen atoms in total. The van der Waals surface area contributed by atoms with Crippen LogP contribution >= 0.6 is 0 Å². The number of amides is 4. The Morgan fingerprint density at radius 3 is 2.44 bits per heavy atom. The van der Waals surface area contributed by atoms with Crippen LogP contribution in [0.2, 0.25) is 0 Å². The number of rotatable bonds is 4. The summed E-state index contributed by atoms with van der Waals surface area (Å²) in [6.45, 7) is 1.17. The first-order valence-corrected chi connectivity index (χ1v) is 10.9. The van der Waals surface area contributed by atoms with Crippen LogP contribution in [0.5, 0.6) is 0 Å². The lowest BCUT2D eigenvalue weighted by Crippen LogP contribution is -2.55. The quantitative estimate of drug-likeness (QED) is 0.754. The second-order valence-electron chi connectivity index (χ2n) is 8.37. The molecule has 0 aromatic heterocycles. The Balaban J connectivity index is 1.40. The molecule has 2 aromatic rings. The summed E-state index contributed by atoms with van der Waals surface area (Å²) in [5.41, 5.74) is 4.12. The molecular weight excluding hydrogens is 406 g/mol. The first-order chi connectivity index (χ1) is 15.5. The van der Waals surface area contributed by atoms with Crippen LogP contribution in [0, 0.1) is 0 Å². The number of hydrogen-bond acceptors (Lipinski definition) is 5. The standard InChI is InChI=1S/C25H23N3O4/c29-21-12-11-20(23(30)26-21)28-24(31)19-10-5-13-27(22(19)25(28)32)15-16-6-4-9-18(14-16)17-7-2-1-3-8-17/h1-4,6-9,14,20H,5,10-13,15H2,(H,26,29,30). The van der Waals surface area contributed by atoms with E-state index in [0.29, 0.717) is 30.8 Å². The maximum atomic E-state index is 13.3. The molecular formula is C25H23N3O4. The van der Waals surface area contributed by atoms with Gasteiger partial charge < -0.3 is 4.90 Å². The minimum atomic E-state index is -0.929. The van der Waals surface area contributed by atoms with Gasteiger partial charge in [0.15, 0.2) is 0 Å². The van der Waals surface area contributed by atoms with Gasteiger partial charge in [-0.3, -0.25) is 29.4 Å². The van der Waals surface area contributed by atoms with E-state index in [1.165, 1.54) is 0 Å². The molecule has 0 spiro atoms.